The third-order valence-electron chi connectivity index (χ3n) is 2.57. The summed E-state index contributed by atoms with van der Waals surface area (Å²) in [5.74, 6) is -1.61. The molecule has 0 radical (unpaired) electrons. The molecule has 2 N–H and O–H groups in total. The second kappa shape index (κ2) is 6.33. The topological polar surface area (TPSA) is 84.2 Å². The highest BCUT2D eigenvalue weighted by molar-refractivity contribution is 5.93. The van der Waals surface area contributed by atoms with Crippen LogP contribution in [0.25, 0.3) is 5.69 Å². The van der Waals surface area contributed by atoms with Gasteiger partial charge in [0, 0.05) is 31.1 Å². The van der Waals surface area contributed by atoms with Crippen molar-refractivity contribution >= 4 is 11.9 Å². The van der Waals surface area contributed by atoms with Crippen molar-refractivity contribution in [2.45, 2.75) is 6.54 Å². The van der Waals surface area contributed by atoms with Crippen molar-refractivity contribution in [2.75, 3.05) is 0 Å². The molecule has 1 aromatic carbocycles. The average Bonchev–Trinajstić information content (AvgIpc) is 2.97. The van der Waals surface area contributed by atoms with Crippen LogP contribution in [-0.2, 0) is 16.1 Å². The van der Waals surface area contributed by atoms with Crippen molar-refractivity contribution in [1.29, 1.82) is 0 Å². The maximum absolute atomic E-state index is 11.4. The molecule has 1 amide bonds. The summed E-state index contributed by atoms with van der Waals surface area (Å²) < 4.78 is 1.70. The van der Waals surface area contributed by atoms with E-state index in [-0.39, 0.29) is 0 Å². The summed E-state index contributed by atoms with van der Waals surface area (Å²) in [6, 6.07) is 9.32. The third kappa shape index (κ3) is 3.55. The molecule has 0 unspecified atom stereocenters. The second-order valence-corrected chi connectivity index (χ2v) is 3.97. The van der Waals surface area contributed by atoms with E-state index in [1.165, 1.54) is 0 Å². The molecule has 6 nitrogen and oxygen atoms in total. The number of carboxylic acid groups (broad SMARTS) is 1. The van der Waals surface area contributed by atoms with E-state index in [9.17, 15) is 9.59 Å². The fraction of sp³-hybridized carbons (Fsp3) is 0.0714. The maximum Gasteiger partial charge on any atom is 0.328 e. The summed E-state index contributed by atoms with van der Waals surface area (Å²) in [7, 11) is 0. The number of amides is 1. The molecule has 0 bridgehead atoms. The Bertz CT molecular complexity index is 633. The molecule has 2 aromatic rings. The maximum atomic E-state index is 11.4. The number of carbonyl (C=O) groups is 2. The number of rotatable bonds is 5. The van der Waals surface area contributed by atoms with Gasteiger partial charge in [-0.2, -0.15) is 5.10 Å². The Morgan fingerprint density at radius 1 is 1.25 bits per heavy atom. The quantitative estimate of drug-likeness (QED) is 0.798. The van der Waals surface area contributed by atoms with Gasteiger partial charge in [0.2, 0.25) is 5.91 Å². The number of hydrogen-bond donors (Lipinski definition) is 2. The first-order valence-electron chi connectivity index (χ1n) is 5.93. The van der Waals surface area contributed by atoms with Gasteiger partial charge in [0.05, 0.1) is 5.69 Å². The van der Waals surface area contributed by atoms with Crippen LogP contribution in [0.1, 0.15) is 5.56 Å². The van der Waals surface area contributed by atoms with Crippen LogP contribution in [0.2, 0.25) is 0 Å². The van der Waals surface area contributed by atoms with Crippen molar-refractivity contribution in [1.82, 2.24) is 15.1 Å². The number of nitrogens with one attached hydrogen (secondary N) is 1. The number of hydrogen-bond acceptors (Lipinski definition) is 3. The Morgan fingerprint density at radius 3 is 2.75 bits per heavy atom. The van der Waals surface area contributed by atoms with Gasteiger partial charge in [-0.3, -0.25) is 4.79 Å². The smallest absolute Gasteiger partial charge is 0.328 e. The minimum Gasteiger partial charge on any atom is -0.478 e. The van der Waals surface area contributed by atoms with Gasteiger partial charge in [0.1, 0.15) is 0 Å². The Balaban J connectivity index is 2.07. The Hall–Kier alpha value is -2.89. The molecule has 102 valence electrons. The SMILES string of the molecule is O=C(O)C=CC(=O)NCc1ccccc1-n1cccn1. The Labute approximate surface area is 115 Å². The summed E-state index contributed by atoms with van der Waals surface area (Å²) in [6.07, 6.45) is 5.27. The van der Waals surface area contributed by atoms with Crippen molar-refractivity contribution in [3.8, 4) is 5.69 Å². The first kappa shape index (κ1) is 13.5. The van der Waals surface area contributed by atoms with E-state index in [1.807, 2.05) is 36.5 Å². The lowest BCUT2D eigenvalue weighted by Crippen LogP contribution is -2.21. The predicted molar refractivity (Wildman–Crippen MR) is 72.2 cm³/mol. The van der Waals surface area contributed by atoms with Crippen molar-refractivity contribution in [2.24, 2.45) is 0 Å². The van der Waals surface area contributed by atoms with E-state index in [0.29, 0.717) is 6.54 Å². The molecule has 0 aliphatic heterocycles. The number of para-hydroxylation sites is 1. The number of aliphatic carboxylic acids is 1. The summed E-state index contributed by atoms with van der Waals surface area (Å²) >= 11 is 0. The van der Waals surface area contributed by atoms with Gasteiger partial charge in [-0.15, -0.1) is 0 Å². The molecule has 0 fully saturated rings. The fourth-order valence-corrected chi connectivity index (χ4v) is 1.68. The van der Waals surface area contributed by atoms with E-state index in [4.69, 9.17) is 5.11 Å². The number of carboxylic acids is 1. The zero-order valence-electron chi connectivity index (χ0n) is 10.6. The van der Waals surface area contributed by atoms with Gasteiger partial charge in [-0.05, 0) is 17.7 Å². The lowest BCUT2D eigenvalue weighted by molar-refractivity contribution is -0.131. The molecular weight excluding hydrogens is 258 g/mol. The largest absolute Gasteiger partial charge is 0.478 e. The minimum absolute atomic E-state index is 0.291. The summed E-state index contributed by atoms with van der Waals surface area (Å²) in [4.78, 5) is 21.7. The van der Waals surface area contributed by atoms with Crippen LogP contribution in [0.15, 0.2) is 54.9 Å². The van der Waals surface area contributed by atoms with Gasteiger partial charge >= 0.3 is 5.97 Å². The standard InChI is InChI=1S/C14H13N3O3/c18-13(6-7-14(19)20)15-10-11-4-1-2-5-12(11)17-9-3-8-16-17/h1-9H,10H2,(H,15,18)(H,19,20). The van der Waals surface area contributed by atoms with E-state index in [1.54, 1.807) is 10.9 Å². The zero-order chi connectivity index (χ0) is 14.4. The normalized spacial score (nSPS) is 10.6. The van der Waals surface area contributed by atoms with Gasteiger partial charge in [0.15, 0.2) is 0 Å². The highest BCUT2D eigenvalue weighted by atomic mass is 16.4. The molecule has 0 aliphatic rings. The molecule has 6 heteroatoms. The highest BCUT2D eigenvalue weighted by Crippen LogP contribution is 2.12. The van der Waals surface area contributed by atoms with E-state index >= 15 is 0 Å². The van der Waals surface area contributed by atoms with E-state index in [0.717, 1.165) is 23.4 Å². The zero-order valence-corrected chi connectivity index (χ0v) is 10.6. The minimum atomic E-state index is -1.16. The van der Waals surface area contributed by atoms with Gasteiger partial charge < -0.3 is 10.4 Å². The molecule has 0 aliphatic carbocycles. The second-order valence-electron chi connectivity index (χ2n) is 3.97. The van der Waals surface area contributed by atoms with E-state index in [2.05, 4.69) is 10.4 Å². The highest BCUT2D eigenvalue weighted by Gasteiger charge is 2.05. The molecule has 0 saturated carbocycles. The molecule has 20 heavy (non-hydrogen) atoms. The summed E-state index contributed by atoms with van der Waals surface area (Å²) in [5.41, 5.74) is 1.74. The van der Waals surface area contributed by atoms with Crippen LogP contribution in [0.5, 0.6) is 0 Å². The molecule has 2 rings (SSSR count). The number of nitrogens with zero attached hydrogens (tertiary/aromatic N) is 2. The molecular formula is C14H13N3O3. The molecule has 0 saturated heterocycles. The van der Waals surface area contributed by atoms with Crippen molar-refractivity contribution in [3.63, 3.8) is 0 Å². The number of aromatic nitrogens is 2. The Morgan fingerprint density at radius 2 is 2.05 bits per heavy atom. The lowest BCUT2D eigenvalue weighted by atomic mass is 10.2. The first-order valence-corrected chi connectivity index (χ1v) is 5.93. The van der Waals surface area contributed by atoms with Crippen LogP contribution in [-0.4, -0.2) is 26.8 Å². The van der Waals surface area contributed by atoms with Crippen LogP contribution in [0, 0.1) is 0 Å². The van der Waals surface area contributed by atoms with Gasteiger partial charge in [-0.1, -0.05) is 18.2 Å². The van der Waals surface area contributed by atoms with Crippen molar-refractivity contribution < 1.29 is 14.7 Å². The lowest BCUT2D eigenvalue weighted by Gasteiger charge is -2.09. The monoisotopic (exact) mass is 271 g/mol. The molecule has 1 heterocycles. The predicted octanol–water partition coefficient (Wildman–Crippen LogP) is 1.13. The van der Waals surface area contributed by atoms with Crippen LogP contribution >= 0.6 is 0 Å². The van der Waals surface area contributed by atoms with Crippen LogP contribution in [0.3, 0.4) is 0 Å². The fourth-order valence-electron chi connectivity index (χ4n) is 1.68. The molecule has 0 spiro atoms. The van der Waals surface area contributed by atoms with E-state index < -0.39 is 11.9 Å². The van der Waals surface area contributed by atoms with Crippen LogP contribution < -0.4 is 5.32 Å². The summed E-state index contributed by atoms with van der Waals surface area (Å²) in [6.45, 7) is 0.291. The van der Waals surface area contributed by atoms with Crippen LogP contribution in [0.4, 0.5) is 0 Å². The molecule has 1 aromatic heterocycles. The third-order valence-corrected chi connectivity index (χ3v) is 2.57. The Kier molecular flexibility index (Phi) is 4.28. The first-order chi connectivity index (χ1) is 9.66. The van der Waals surface area contributed by atoms with Gasteiger partial charge in [0.25, 0.3) is 0 Å². The van der Waals surface area contributed by atoms with Crippen molar-refractivity contribution in [3.05, 3.63) is 60.4 Å². The summed E-state index contributed by atoms with van der Waals surface area (Å²) in [5, 5.41) is 15.2. The number of carbonyl (C=O) groups excluding carboxylic acids is 1. The number of benzene rings is 1. The van der Waals surface area contributed by atoms with Gasteiger partial charge in [-0.25, -0.2) is 9.48 Å². The average molecular weight is 271 g/mol. The molecule has 0 atom stereocenters.